The molecule has 0 bridgehead atoms. The van der Waals surface area contributed by atoms with Crippen LogP contribution in [0.1, 0.15) is 6.92 Å². The number of allylic oxidation sites excluding steroid dienone is 1. The van der Waals surface area contributed by atoms with E-state index in [-0.39, 0.29) is 17.1 Å². The molecule has 0 amide bonds. The van der Waals surface area contributed by atoms with Crippen molar-refractivity contribution in [2.24, 2.45) is 0 Å². The number of carbonyl (C=O) groups is 1. The zero-order valence-electron chi connectivity index (χ0n) is 8.49. The average Bonchev–Trinajstić information content (AvgIpc) is 2.22. The molecule has 0 aliphatic rings. The summed E-state index contributed by atoms with van der Waals surface area (Å²) in [6.07, 6.45) is 0. The second-order valence-corrected chi connectivity index (χ2v) is 3.05. The standard InChI is InChI=1S/C11H9FN2O2/c1-7(10(6-13)11(15)16)14-9-4-2-8(12)3-5-9/h2-5,14H,1H3,(H,15,16). The van der Waals surface area contributed by atoms with Gasteiger partial charge in [0.25, 0.3) is 0 Å². The smallest absolute Gasteiger partial charge is 0.348 e. The van der Waals surface area contributed by atoms with Gasteiger partial charge in [-0.3, -0.25) is 0 Å². The molecule has 0 aliphatic carbocycles. The van der Waals surface area contributed by atoms with Gasteiger partial charge in [0.2, 0.25) is 0 Å². The minimum atomic E-state index is -1.30. The molecule has 0 saturated carbocycles. The first kappa shape index (κ1) is 11.7. The van der Waals surface area contributed by atoms with Crippen LogP contribution in [0.25, 0.3) is 0 Å². The second kappa shape index (κ2) is 4.94. The summed E-state index contributed by atoms with van der Waals surface area (Å²) in [4.78, 5) is 10.6. The number of hydrogen-bond acceptors (Lipinski definition) is 3. The lowest BCUT2D eigenvalue weighted by atomic mass is 10.2. The van der Waals surface area contributed by atoms with Gasteiger partial charge in [0.05, 0.1) is 0 Å². The molecule has 0 heterocycles. The van der Waals surface area contributed by atoms with Crippen molar-refractivity contribution in [2.45, 2.75) is 6.92 Å². The Balaban J connectivity index is 2.93. The van der Waals surface area contributed by atoms with Crippen molar-refractivity contribution in [3.8, 4) is 6.07 Å². The van der Waals surface area contributed by atoms with E-state index in [1.165, 1.54) is 31.2 Å². The highest BCUT2D eigenvalue weighted by Crippen LogP contribution is 2.13. The highest BCUT2D eigenvalue weighted by Gasteiger charge is 2.10. The van der Waals surface area contributed by atoms with Crippen molar-refractivity contribution in [3.05, 3.63) is 41.4 Å². The number of aliphatic carboxylic acids is 1. The van der Waals surface area contributed by atoms with E-state index in [1.807, 2.05) is 0 Å². The van der Waals surface area contributed by atoms with Crippen LogP contribution in [0.5, 0.6) is 0 Å². The van der Waals surface area contributed by atoms with Crippen LogP contribution in [0.2, 0.25) is 0 Å². The predicted molar refractivity (Wildman–Crippen MR) is 56.0 cm³/mol. The highest BCUT2D eigenvalue weighted by molar-refractivity contribution is 5.92. The van der Waals surface area contributed by atoms with Gasteiger partial charge in [-0.1, -0.05) is 0 Å². The summed E-state index contributed by atoms with van der Waals surface area (Å²) < 4.78 is 12.6. The first-order valence-electron chi connectivity index (χ1n) is 4.41. The van der Waals surface area contributed by atoms with E-state index in [0.29, 0.717) is 5.69 Å². The topological polar surface area (TPSA) is 73.1 Å². The van der Waals surface area contributed by atoms with E-state index >= 15 is 0 Å². The third-order valence-electron chi connectivity index (χ3n) is 1.88. The van der Waals surface area contributed by atoms with Crippen molar-refractivity contribution in [1.29, 1.82) is 5.26 Å². The quantitative estimate of drug-likeness (QED) is 0.604. The third kappa shape index (κ3) is 2.82. The lowest BCUT2D eigenvalue weighted by molar-refractivity contribution is -0.132. The van der Waals surface area contributed by atoms with Crippen molar-refractivity contribution >= 4 is 11.7 Å². The molecule has 16 heavy (non-hydrogen) atoms. The first-order chi connectivity index (χ1) is 7.54. The van der Waals surface area contributed by atoms with E-state index in [9.17, 15) is 9.18 Å². The summed E-state index contributed by atoms with van der Waals surface area (Å²) in [7, 11) is 0. The normalized spacial score (nSPS) is 11.3. The fourth-order valence-corrected chi connectivity index (χ4v) is 1.10. The molecule has 0 atom stereocenters. The summed E-state index contributed by atoms with van der Waals surface area (Å²) in [5, 5.41) is 20.0. The minimum Gasteiger partial charge on any atom is -0.477 e. The molecule has 0 saturated heterocycles. The Hall–Kier alpha value is -2.35. The van der Waals surface area contributed by atoms with Gasteiger partial charge in [0.15, 0.2) is 5.57 Å². The Morgan fingerprint density at radius 1 is 1.44 bits per heavy atom. The molecule has 0 aromatic heterocycles. The number of halogens is 1. The van der Waals surface area contributed by atoms with Crippen LogP contribution in [0, 0.1) is 17.1 Å². The van der Waals surface area contributed by atoms with Gasteiger partial charge in [-0.05, 0) is 31.2 Å². The van der Waals surface area contributed by atoms with Crippen molar-refractivity contribution in [1.82, 2.24) is 0 Å². The van der Waals surface area contributed by atoms with E-state index in [1.54, 1.807) is 6.07 Å². The predicted octanol–water partition coefficient (Wildman–Crippen LogP) is 2.12. The summed E-state index contributed by atoms with van der Waals surface area (Å²) >= 11 is 0. The van der Waals surface area contributed by atoms with E-state index < -0.39 is 5.97 Å². The Morgan fingerprint density at radius 2 is 2.00 bits per heavy atom. The number of nitrogens with one attached hydrogen (secondary N) is 1. The summed E-state index contributed by atoms with van der Waals surface area (Å²) in [6.45, 7) is 1.47. The summed E-state index contributed by atoms with van der Waals surface area (Å²) in [6, 6.07) is 6.96. The number of carboxylic acids is 1. The fourth-order valence-electron chi connectivity index (χ4n) is 1.10. The molecule has 1 aromatic rings. The molecule has 82 valence electrons. The highest BCUT2D eigenvalue weighted by atomic mass is 19.1. The molecule has 0 aliphatic heterocycles. The van der Waals surface area contributed by atoms with Crippen LogP contribution in [0.15, 0.2) is 35.5 Å². The Morgan fingerprint density at radius 3 is 2.44 bits per heavy atom. The number of rotatable bonds is 3. The van der Waals surface area contributed by atoms with Crippen LogP contribution >= 0.6 is 0 Å². The van der Waals surface area contributed by atoms with Crippen molar-refractivity contribution in [3.63, 3.8) is 0 Å². The zero-order valence-corrected chi connectivity index (χ0v) is 8.49. The van der Waals surface area contributed by atoms with Crippen LogP contribution in [-0.4, -0.2) is 11.1 Å². The summed E-state index contributed by atoms with van der Waals surface area (Å²) in [5.41, 5.74) is 0.360. The lowest BCUT2D eigenvalue weighted by Gasteiger charge is -2.06. The second-order valence-electron chi connectivity index (χ2n) is 3.05. The number of anilines is 1. The first-order valence-corrected chi connectivity index (χ1v) is 4.41. The molecule has 0 spiro atoms. The van der Waals surface area contributed by atoms with Crippen molar-refractivity contribution < 1.29 is 14.3 Å². The summed E-state index contributed by atoms with van der Waals surface area (Å²) in [5.74, 6) is -1.68. The Bertz CT molecular complexity index is 472. The van der Waals surface area contributed by atoms with Crippen LogP contribution < -0.4 is 5.32 Å². The maximum absolute atomic E-state index is 12.6. The molecule has 2 N–H and O–H groups in total. The SMILES string of the molecule is CC(Nc1ccc(F)cc1)=C(C#N)C(=O)O. The number of nitrogens with zero attached hydrogens (tertiary/aromatic N) is 1. The van der Waals surface area contributed by atoms with Gasteiger partial charge in [-0.2, -0.15) is 5.26 Å². The van der Waals surface area contributed by atoms with Crippen LogP contribution in [0.4, 0.5) is 10.1 Å². The lowest BCUT2D eigenvalue weighted by Crippen LogP contribution is -2.07. The fraction of sp³-hybridized carbons (Fsp3) is 0.0909. The van der Waals surface area contributed by atoms with Gasteiger partial charge in [-0.25, -0.2) is 9.18 Å². The molecule has 0 fully saturated rings. The largest absolute Gasteiger partial charge is 0.477 e. The van der Waals surface area contributed by atoms with E-state index in [2.05, 4.69) is 5.32 Å². The van der Waals surface area contributed by atoms with Crippen molar-refractivity contribution in [2.75, 3.05) is 5.32 Å². The van der Waals surface area contributed by atoms with Gasteiger partial charge in [0.1, 0.15) is 11.9 Å². The monoisotopic (exact) mass is 220 g/mol. The zero-order chi connectivity index (χ0) is 12.1. The molecule has 0 radical (unpaired) electrons. The Labute approximate surface area is 91.6 Å². The van der Waals surface area contributed by atoms with Gasteiger partial charge < -0.3 is 10.4 Å². The van der Waals surface area contributed by atoms with E-state index in [0.717, 1.165) is 0 Å². The minimum absolute atomic E-state index is 0.210. The number of hydrogen-bond donors (Lipinski definition) is 2. The molecule has 5 heteroatoms. The number of benzene rings is 1. The number of carboxylic acid groups (broad SMARTS) is 1. The maximum Gasteiger partial charge on any atom is 0.348 e. The third-order valence-corrected chi connectivity index (χ3v) is 1.88. The molecule has 1 aromatic carbocycles. The maximum atomic E-state index is 12.6. The molecular weight excluding hydrogens is 211 g/mol. The van der Waals surface area contributed by atoms with Gasteiger partial charge in [0, 0.05) is 11.4 Å². The van der Waals surface area contributed by atoms with Gasteiger partial charge >= 0.3 is 5.97 Å². The molecule has 1 rings (SSSR count). The van der Waals surface area contributed by atoms with Crippen LogP contribution in [-0.2, 0) is 4.79 Å². The molecular formula is C11H9FN2O2. The molecule has 4 nitrogen and oxygen atoms in total. The Kier molecular flexibility index (Phi) is 3.62. The van der Waals surface area contributed by atoms with Crippen LogP contribution in [0.3, 0.4) is 0 Å². The van der Waals surface area contributed by atoms with E-state index in [4.69, 9.17) is 10.4 Å². The number of nitriles is 1. The molecule has 0 unspecified atom stereocenters. The van der Waals surface area contributed by atoms with Gasteiger partial charge in [-0.15, -0.1) is 0 Å². The average molecular weight is 220 g/mol.